The fraction of sp³-hybridized carbons (Fsp3) is 0.600. The molecule has 0 atom stereocenters. The van der Waals surface area contributed by atoms with Crippen LogP contribution in [0.1, 0.15) is 57.4 Å². The van der Waals surface area contributed by atoms with Gasteiger partial charge >= 0.3 is 37.7 Å². The van der Waals surface area contributed by atoms with Gasteiger partial charge in [0.05, 0.1) is 0 Å². The van der Waals surface area contributed by atoms with Gasteiger partial charge < -0.3 is 18.6 Å². The van der Waals surface area contributed by atoms with Gasteiger partial charge in [0, 0.05) is 0 Å². The van der Waals surface area contributed by atoms with Gasteiger partial charge in [0.15, 0.2) is 0 Å². The molecule has 0 saturated heterocycles. The molecule has 3 heteroatoms. The summed E-state index contributed by atoms with van der Waals surface area (Å²) in [6.07, 6.45) is 10.3. The molecule has 0 aliphatic heterocycles. The van der Waals surface area contributed by atoms with Crippen LogP contribution in [0.15, 0.2) is 24.3 Å². The molecule has 98 valence electrons. The largest absolute Gasteiger partial charge is 2.00 e. The summed E-state index contributed by atoms with van der Waals surface area (Å²) >= 11 is 0. The van der Waals surface area contributed by atoms with Crippen LogP contribution in [0.3, 0.4) is 0 Å². The molecule has 1 aromatic carbocycles. The Morgan fingerprint density at radius 3 is 2.06 bits per heavy atom. The predicted octanol–water partition coefficient (Wildman–Crippen LogP) is 4.30. The fourth-order valence-corrected chi connectivity index (χ4v) is 1.99. The van der Waals surface area contributed by atoms with Crippen molar-refractivity contribution in [1.82, 2.24) is 0 Å². The molecule has 0 aliphatic carbocycles. The maximum Gasteiger partial charge on any atom is 2.00 e. The van der Waals surface area contributed by atoms with E-state index in [9.17, 15) is 5.11 Å². The van der Waals surface area contributed by atoms with Crippen molar-refractivity contribution in [2.45, 2.75) is 58.3 Å². The predicted molar refractivity (Wildman–Crippen MR) is 82.9 cm³/mol. The summed E-state index contributed by atoms with van der Waals surface area (Å²) < 4.78 is 0. The van der Waals surface area contributed by atoms with Crippen LogP contribution < -0.4 is 0 Å². The van der Waals surface area contributed by atoms with E-state index >= 15 is 0 Å². The number of benzene rings is 1. The molecule has 0 bridgehead atoms. The van der Waals surface area contributed by atoms with Crippen molar-refractivity contribution < 1.29 is 5.11 Å². The van der Waals surface area contributed by atoms with Crippen molar-refractivity contribution in [1.29, 1.82) is 0 Å². The van der Waals surface area contributed by atoms with Crippen LogP contribution >= 0.6 is 0 Å². The van der Waals surface area contributed by atoms with Gasteiger partial charge in [0.2, 0.25) is 0 Å². The molecule has 1 N–H and O–H groups in total. The summed E-state index contributed by atoms with van der Waals surface area (Å²) in [6, 6.07) is 7.67. The smallest absolute Gasteiger partial charge is 2.00 e. The molecular formula is C15H24CaOS. The van der Waals surface area contributed by atoms with E-state index in [4.69, 9.17) is 0 Å². The Kier molecular flexibility index (Phi) is 16.3. The first kappa shape index (κ1) is 20.9. The van der Waals surface area contributed by atoms with Crippen LogP contribution in [0, 0.1) is 0 Å². The van der Waals surface area contributed by atoms with Crippen LogP contribution in [0.2, 0.25) is 0 Å². The topological polar surface area (TPSA) is 20.2 Å². The second-order valence-electron chi connectivity index (χ2n) is 4.50. The molecule has 18 heavy (non-hydrogen) atoms. The average Bonchev–Trinajstić information content (AvgIpc) is 2.30. The Morgan fingerprint density at radius 2 is 1.44 bits per heavy atom. The molecule has 0 aliphatic rings. The van der Waals surface area contributed by atoms with E-state index in [1.807, 2.05) is 18.2 Å². The zero-order valence-corrected chi connectivity index (χ0v) is 14.6. The molecule has 1 rings (SSSR count). The van der Waals surface area contributed by atoms with E-state index in [1.165, 1.54) is 44.9 Å². The Bertz CT molecular complexity index is 292. The zero-order valence-electron chi connectivity index (χ0n) is 11.5. The summed E-state index contributed by atoms with van der Waals surface area (Å²) in [5.74, 6) is 0.452. The van der Waals surface area contributed by atoms with Gasteiger partial charge in [-0.25, -0.2) is 0 Å². The number of phenolic OH excluding ortho intramolecular Hbond substituents is 1. The third-order valence-corrected chi connectivity index (χ3v) is 3.04. The van der Waals surface area contributed by atoms with E-state index in [2.05, 4.69) is 6.92 Å². The minimum Gasteiger partial charge on any atom is -2.00 e. The molecule has 1 nitrogen and oxygen atoms in total. The monoisotopic (exact) mass is 292 g/mol. The summed E-state index contributed by atoms with van der Waals surface area (Å²) in [6.45, 7) is 2.25. The molecule has 0 radical (unpaired) electrons. The van der Waals surface area contributed by atoms with E-state index in [0.29, 0.717) is 5.75 Å². The summed E-state index contributed by atoms with van der Waals surface area (Å²) in [5.41, 5.74) is 1.09. The standard InChI is InChI=1S/C15H24O.Ca.S/c1-2-3-4-5-6-7-8-11-14-12-9-10-13-15(14)16;;/h9-10,12-13,16H,2-8,11H2,1H3;;/q;+2;-2. The van der Waals surface area contributed by atoms with Crippen LogP contribution in [0.5, 0.6) is 5.75 Å². The average molecular weight is 293 g/mol. The second kappa shape index (κ2) is 14.0. The van der Waals surface area contributed by atoms with Crippen molar-refractivity contribution in [2.75, 3.05) is 0 Å². The van der Waals surface area contributed by atoms with Crippen LogP contribution in [-0.4, -0.2) is 42.8 Å². The van der Waals surface area contributed by atoms with Gasteiger partial charge in [0.25, 0.3) is 0 Å². The molecule has 0 heterocycles. The van der Waals surface area contributed by atoms with Gasteiger partial charge in [-0.05, 0) is 24.5 Å². The van der Waals surface area contributed by atoms with E-state index in [0.717, 1.165) is 12.0 Å². The number of para-hydroxylation sites is 1. The molecule has 0 aromatic heterocycles. The van der Waals surface area contributed by atoms with Crippen molar-refractivity contribution in [3.63, 3.8) is 0 Å². The first-order valence-electron chi connectivity index (χ1n) is 6.61. The number of hydrogen-bond acceptors (Lipinski definition) is 1. The molecule has 0 spiro atoms. The fourth-order valence-electron chi connectivity index (χ4n) is 1.99. The number of aryl methyl sites for hydroxylation is 1. The first-order valence-corrected chi connectivity index (χ1v) is 6.61. The second-order valence-corrected chi connectivity index (χ2v) is 4.50. The maximum absolute atomic E-state index is 9.58. The zero-order chi connectivity index (χ0) is 11.6. The van der Waals surface area contributed by atoms with Crippen LogP contribution in [0.25, 0.3) is 0 Å². The Balaban J connectivity index is 0. The summed E-state index contributed by atoms with van der Waals surface area (Å²) in [5, 5.41) is 9.58. The van der Waals surface area contributed by atoms with Crippen molar-refractivity contribution in [3.8, 4) is 5.75 Å². The number of hydrogen-bond donors (Lipinski definition) is 1. The third-order valence-electron chi connectivity index (χ3n) is 3.04. The van der Waals surface area contributed by atoms with E-state index < -0.39 is 0 Å². The SMILES string of the molecule is CCCCCCCCCc1ccccc1O.[Ca+2].[S-2]. The minimum absolute atomic E-state index is 0. The number of rotatable bonds is 8. The number of phenols is 1. The number of unbranched alkanes of at least 4 members (excludes halogenated alkanes) is 6. The molecular weight excluding hydrogens is 268 g/mol. The van der Waals surface area contributed by atoms with Gasteiger partial charge in [-0.2, -0.15) is 0 Å². The molecule has 1 aromatic rings. The maximum atomic E-state index is 9.58. The molecule has 0 saturated carbocycles. The first-order chi connectivity index (χ1) is 7.84. The molecule has 0 amide bonds. The van der Waals surface area contributed by atoms with Gasteiger partial charge in [-0.15, -0.1) is 0 Å². The Morgan fingerprint density at radius 1 is 0.889 bits per heavy atom. The van der Waals surface area contributed by atoms with Crippen LogP contribution in [0.4, 0.5) is 0 Å². The summed E-state index contributed by atoms with van der Waals surface area (Å²) in [7, 11) is 0. The van der Waals surface area contributed by atoms with Crippen LogP contribution in [-0.2, 0) is 19.9 Å². The van der Waals surface area contributed by atoms with Crippen molar-refractivity contribution in [2.24, 2.45) is 0 Å². The minimum atomic E-state index is 0. The quantitative estimate of drug-likeness (QED) is 0.559. The van der Waals surface area contributed by atoms with Gasteiger partial charge in [0.1, 0.15) is 5.75 Å². The normalized spacial score (nSPS) is 9.39. The van der Waals surface area contributed by atoms with Gasteiger partial charge in [-0.1, -0.05) is 63.6 Å². The van der Waals surface area contributed by atoms with Gasteiger partial charge in [-0.3, -0.25) is 0 Å². The van der Waals surface area contributed by atoms with Crippen molar-refractivity contribution >= 4 is 51.2 Å². The summed E-state index contributed by atoms with van der Waals surface area (Å²) in [4.78, 5) is 0. The number of aromatic hydroxyl groups is 1. The van der Waals surface area contributed by atoms with Crippen molar-refractivity contribution in [3.05, 3.63) is 29.8 Å². The Hall–Kier alpha value is 0.630. The third kappa shape index (κ3) is 9.55. The molecule has 0 fully saturated rings. The van der Waals surface area contributed by atoms with E-state index in [1.54, 1.807) is 6.07 Å². The Labute approximate surface area is 149 Å². The molecule has 0 unspecified atom stereocenters. The van der Waals surface area contributed by atoms with E-state index in [-0.39, 0.29) is 51.2 Å².